The van der Waals surface area contributed by atoms with Gasteiger partial charge in [0.15, 0.2) is 0 Å². The molecule has 4 heteroatoms. The van der Waals surface area contributed by atoms with Crippen molar-refractivity contribution in [2.45, 2.75) is 38.0 Å². The monoisotopic (exact) mass is 338 g/mol. The fraction of sp³-hybridized carbons (Fsp3) is 0.550. The van der Waals surface area contributed by atoms with E-state index in [-0.39, 0.29) is 23.2 Å². The Bertz CT molecular complexity index is 725. The van der Waals surface area contributed by atoms with Crippen LogP contribution in [0.25, 0.3) is 0 Å². The molecule has 4 bridgehead atoms. The molecular weight excluding hydrogens is 320 g/mol. The molecule has 3 nitrogen and oxygen atoms in total. The van der Waals surface area contributed by atoms with Crippen LogP contribution in [-0.2, 0) is 4.79 Å². The molecule has 122 valence electrons. The highest BCUT2D eigenvalue weighted by Gasteiger charge is 2.59. The number of rotatable bonds is 3. The van der Waals surface area contributed by atoms with Gasteiger partial charge in [0.1, 0.15) is 11.7 Å². The van der Waals surface area contributed by atoms with E-state index in [1.54, 1.807) is 0 Å². The quantitative estimate of drug-likeness (QED) is 0.816. The molecule has 4 aliphatic carbocycles. The lowest BCUT2D eigenvalue weighted by Gasteiger charge is -2.58. The van der Waals surface area contributed by atoms with Gasteiger partial charge in [0.25, 0.3) is 0 Å². The van der Waals surface area contributed by atoms with Crippen LogP contribution < -0.4 is 0 Å². The molecule has 1 aromatic rings. The molecule has 1 aromatic carbocycles. The largest absolute Gasteiger partial charge is 0.299 e. The molecule has 0 heterocycles. The summed E-state index contributed by atoms with van der Waals surface area (Å²) in [5, 5.41) is 19.9. The van der Waals surface area contributed by atoms with Gasteiger partial charge in [-0.2, -0.15) is 10.5 Å². The van der Waals surface area contributed by atoms with Crippen LogP contribution in [0.1, 0.15) is 43.6 Å². The minimum atomic E-state index is -0.683. The van der Waals surface area contributed by atoms with E-state index in [4.69, 9.17) is 11.6 Å². The maximum absolute atomic E-state index is 12.5. The van der Waals surface area contributed by atoms with E-state index in [1.165, 1.54) is 0 Å². The molecule has 4 saturated carbocycles. The maximum atomic E-state index is 12.5. The van der Waals surface area contributed by atoms with Gasteiger partial charge in [-0.3, -0.25) is 4.79 Å². The number of Topliss-reactive ketones (excluding diaryl/α,β-unsaturated/α-hetero) is 1. The SMILES string of the molecule is N#CC(C#N)C(c1ccc(Cl)cc1)C12CC3C[C@H](C1)C(=O)[C@@H](C3)C2. The Morgan fingerprint density at radius 1 is 1.04 bits per heavy atom. The second-order valence-corrected chi connectivity index (χ2v) is 8.31. The molecular formula is C20H19ClN2O. The summed E-state index contributed by atoms with van der Waals surface area (Å²) in [6, 6.07) is 12.0. The smallest absolute Gasteiger partial charge is 0.140 e. The average molecular weight is 339 g/mol. The number of nitriles is 2. The third-order valence-electron chi connectivity index (χ3n) is 6.54. The Morgan fingerprint density at radius 3 is 2.17 bits per heavy atom. The number of hydrogen-bond donors (Lipinski definition) is 0. The number of hydrogen-bond acceptors (Lipinski definition) is 3. The van der Waals surface area contributed by atoms with Gasteiger partial charge in [-0.1, -0.05) is 23.7 Å². The van der Waals surface area contributed by atoms with E-state index < -0.39 is 5.92 Å². The topological polar surface area (TPSA) is 64.7 Å². The fourth-order valence-electron chi connectivity index (χ4n) is 5.94. The van der Waals surface area contributed by atoms with Gasteiger partial charge in [0.05, 0.1) is 12.1 Å². The number of carbonyl (C=O) groups excluding carboxylic acids is 1. The number of ketones is 1. The Morgan fingerprint density at radius 2 is 1.62 bits per heavy atom. The van der Waals surface area contributed by atoms with Crippen molar-refractivity contribution in [2.75, 3.05) is 0 Å². The summed E-state index contributed by atoms with van der Waals surface area (Å²) >= 11 is 6.03. The molecule has 0 aromatic heterocycles. The second-order valence-electron chi connectivity index (χ2n) is 7.87. The van der Waals surface area contributed by atoms with Crippen molar-refractivity contribution >= 4 is 17.4 Å². The standard InChI is InChI=1S/C20H19ClN2O/c21-17-3-1-13(2-4-17)18(16(10-22)11-23)20-7-12-5-14(8-20)19(24)15(6-12)9-20/h1-4,12,14-16,18H,5-9H2/t12?,14-,15+,18?,20?. The van der Waals surface area contributed by atoms with Crippen LogP contribution in [0.15, 0.2) is 24.3 Å². The van der Waals surface area contributed by atoms with Crippen molar-refractivity contribution in [2.24, 2.45) is 29.1 Å². The third kappa shape index (κ3) is 2.27. The van der Waals surface area contributed by atoms with Gasteiger partial charge in [-0.15, -0.1) is 0 Å². The highest BCUT2D eigenvalue weighted by molar-refractivity contribution is 6.30. The Labute approximate surface area is 147 Å². The number of nitrogens with zero attached hydrogens (tertiary/aromatic N) is 2. The molecule has 0 radical (unpaired) electrons. The Hall–Kier alpha value is -1.84. The lowest BCUT2D eigenvalue weighted by Crippen LogP contribution is -2.54. The average Bonchev–Trinajstić information content (AvgIpc) is 2.57. The van der Waals surface area contributed by atoms with Crippen LogP contribution >= 0.6 is 11.6 Å². The zero-order chi connectivity index (χ0) is 16.9. The summed E-state index contributed by atoms with van der Waals surface area (Å²) in [5.41, 5.74) is 0.927. The molecule has 3 unspecified atom stereocenters. The van der Waals surface area contributed by atoms with Crippen molar-refractivity contribution in [1.82, 2.24) is 0 Å². The predicted molar refractivity (Wildman–Crippen MR) is 89.9 cm³/mol. The summed E-state index contributed by atoms with van der Waals surface area (Å²) in [6.07, 6.45) is 4.74. The molecule has 4 aliphatic rings. The van der Waals surface area contributed by atoms with Crippen LogP contribution in [0, 0.1) is 51.7 Å². The van der Waals surface area contributed by atoms with Gasteiger partial charge in [-0.05, 0) is 61.1 Å². The molecule has 5 rings (SSSR count). The van der Waals surface area contributed by atoms with Crippen molar-refractivity contribution in [3.8, 4) is 12.1 Å². The van der Waals surface area contributed by atoms with E-state index in [0.717, 1.165) is 37.7 Å². The van der Waals surface area contributed by atoms with Crippen LogP contribution in [0.5, 0.6) is 0 Å². The number of halogens is 1. The van der Waals surface area contributed by atoms with Crippen LogP contribution in [-0.4, -0.2) is 5.78 Å². The second kappa shape index (κ2) is 5.61. The van der Waals surface area contributed by atoms with Crippen LogP contribution in [0.3, 0.4) is 0 Å². The molecule has 24 heavy (non-hydrogen) atoms. The molecule has 4 fully saturated rings. The Balaban J connectivity index is 1.79. The Kier molecular flexibility index (Phi) is 3.66. The van der Waals surface area contributed by atoms with Crippen molar-refractivity contribution in [1.29, 1.82) is 10.5 Å². The van der Waals surface area contributed by atoms with E-state index in [2.05, 4.69) is 12.1 Å². The van der Waals surface area contributed by atoms with Crippen molar-refractivity contribution < 1.29 is 4.79 Å². The normalized spacial score (nSPS) is 34.8. The molecule has 0 saturated heterocycles. The van der Waals surface area contributed by atoms with Gasteiger partial charge < -0.3 is 0 Å². The first kappa shape index (κ1) is 15.7. The molecule has 0 amide bonds. The van der Waals surface area contributed by atoms with Crippen molar-refractivity contribution in [3.05, 3.63) is 34.9 Å². The summed E-state index contributed by atoms with van der Waals surface area (Å²) < 4.78 is 0. The fourth-order valence-corrected chi connectivity index (χ4v) is 6.06. The highest BCUT2D eigenvalue weighted by Crippen LogP contribution is 2.64. The summed E-state index contributed by atoms with van der Waals surface area (Å²) in [5.74, 6) is 0.478. The van der Waals surface area contributed by atoms with Crippen LogP contribution in [0.4, 0.5) is 0 Å². The first-order valence-corrected chi connectivity index (χ1v) is 9.02. The summed E-state index contributed by atoms with van der Waals surface area (Å²) in [4.78, 5) is 12.5. The van der Waals surface area contributed by atoms with E-state index in [9.17, 15) is 15.3 Å². The minimum Gasteiger partial charge on any atom is -0.299 e. The zero-order valence-electron chi connectivity index (χ0n) is 13.4. The molecule has 0 aliphatic heterocycles. The number of carbonyl (C=O) groups is 1. The van der Waals surface area contributed by atoms with E-state index >= 15 is 0 Å². The predicted octanol–water partition coefficient (Wildman–Crippen LogP) is 4.48. The third-order valence-corrected chi connectivity index (χ3v) is 6.79. The highest BCUT2D eigenvalue weighted by atomic mass is 35.5. The molecule has 0 spiro atoms. The number of benzene rings is 1. The lowest BCUT2D eigenvalue weighted by molar-refractivity contribution is -0.150. The molecule has 5 atom stereocenters. The summed E-state index contributed by atoms with van der Waals surface area (Å²) in [7, 11) is 0. The maximum Gasteiger partial charge on any atom is 0.140 e. The zero-order valence-corrected chi connectivity index (χ0v) is 14.2. The van der Waals surface area contributed by atoms with Gasteiger partial charge >= 0.3 is 0 Å². The molecule has 0 N–H and O–H groups in total. The van der Waals surface area contributed by atoms with Crippen molar-refractivity contribution in [3.63, 3.8) is 0 Å². The first-order chi connectivity index (χ1) is 11.6. The first-order valence-electron chi connectivity index (χ1n) is 8.65. The van der Waals surface area contributed by atoms with Gasteiger partial charge in [-0.25, -0.2) is 0 Å². The van der Waals surface area contributed by atoms with E-state index in [0.29, 0.717) is 16.7 Å². The van der Waals surface area contributed by atoms with Gasteiger partial charge in [0.2, 0.25) is 0 Å². The summed E-state index contributed by atoms with van der Waals surface area (Å²) in [6.45, 7) is 0. The lowest BCUT2D eigenvalue weighted by atomic mass is 9.44. The van der Waals surface area contributed by atoms with E-state index in [1.807, 2.05) is 24.3 Å². The van der Waals surface area contributed by atoms with Crippen LogP contribution in [0.2, 0.25) is 5.02 Å². The van der Waals surface area contributed by atoms with Gasteiger partial charge in [0, 0.05) is 22.8 Å². The minimum absolute atomic E-state index is 0.0889.